The maximum Gasteiger partial charge on any atom is 0.123 e. The number of halogens is 2. The lowest BCUT2D eigenvalue weighted by molar-refractivity contribution is 0.623. The Balaban J connectivity index is 1.91. The third-order valence-corrected chi connectivity index (χ3v) is 4.51. The lowest BCUT2D eigenvalue weighted by Gasteiger charge is -2.21. The summed E-state index contributed by atoms with van der Waals surface area (Å²) in [7, 11) is 0. The first-order valence-corrected chi connectivity index (χ1v) is 8.06. The zero-order chi connectivity index (χ0) is 15.5. The molecule has 1 aliphatic heterocycles. The summed E-state index contributed by atoms with van der Waals surface area (Å²) in [5.74, 6) is -0.215. The molecule has 1 atom stereocenters. The van der Waals surface area contributed by atoms with Gasteiger partial charge in [0.05, 0.1) is 10.7 Å². The van der Waals surface area contributed by atoms with Crippen LogP contribution < -0.4 is 10.6 Å². The van der Waals surface area contributed by atoms with Crippen LogP contribution in [0, 0.1) is 5.82 Å². The predicted octanol–water partition coefficient (Wildman–Crippen LogP) is 4.34. The van der Waals surface area contributed by atoms with Crippen LogP contribution in [-0.2, 0) is 12.8 Å². The van der Waals surface area contributed by atoms with E-state index in [1.807, 2.05) is 19.1 Å². The molecule has 0 radical (unpaired) electrons. The molecule has 22 heavy (non-hydrogen) atoms. The standard InChI is InChI=1S/C18H20ClFN2/c1-12(14-3-2-4-15(20)11-14)22-18-16-8-10-21-9-7-13(16)5-6-17(18)19/h2-6,11-12,21-22H,7-10H2,1H3. The van der Waals surface area contributed by atoms with Crippen LogP contribution in [0.25, 0.3) is 0 Å². The Morgan fingerprint density at radius 1 is 1.18 bits per heavy atom. The molecule has 0 spiro atoms. The van der Waals surface area contributed by atoms with E-state index in [-0.39, 0.29) is 11.9 Å². The number of benzene rings is 2. The fourth-order valence-corrected chi connectivity index (χ4v) is 3.21. The number of fused-ring (bicyclic) bond motifs is 1. The van der Waals surface area contributed by atoms with Gasteiger partial charge in [-0.15, -0.1) is 0 Å². The molecule has 4 heteroatoms. The van der Waals surface area contributed by atoms with Gasteiger partial charge < -0.3 is 10.6 Å². The van der Waals surface area contributed by atoms with Gasteiger partial charge in [0, 0.05) is 6.04 Å². The molecule has 2 nitrogen and oxygen atoms in total. The normalized spacial score (nSPS) is 15.8. The summed E-state index contributed by atoms with van der Waals surface area (Å²) in [6.07, 6.45) is 1.96. The maximum absolute atomic E-state index is 13.4. The van der Waals surface area contributed by atoms with Crippen LogP contribution in [-0.4, -0.2) is 13.1 Å². The van der Waals surface area contributed by atoms with Gasteiger partial charge in [-0.05, 0) is 67.7 Å². The van der Waals surface area contributed by atoms with E-state index in [0.717, 1.165) is 42.2 Å². The molecule has 0 fully saturated rings. The molecule has 1 heterocycles. The Labute approximate surface area is 135 Å². The first-order valence-electron chi connectivity index (χ1n) is 7.68. The van der Waals surface area contributed by atoms with Gasteiger partial charge in [0.25, 0.3) is 0 Å². The van der Waals surface area contributed by atoms with Gasteiger partial charge in [0.15, 0.2) is 0 Å². The highest BCUT2D eigenvalue weighted by atomic mass is 35.5. The van der Waals surface area contributed by atoms with E-state index in [9.17, 15) is 4.39 Å². The third-order valence-electron chi connectivity index (χ3n) is 4.19. The first kappa shape index (κ1) is 15.3. The summed E-state index contributed by atoms with van der Waals surface area (Å²) < 4.78 is 13.4. The highest BCUT2D eigenvalue weighted by molar-refractivity contribution is 6.33. The molecule has 0 aromatic heterocycles. The second-order valence-electron chi connectivity index (χ2n) is 5.73. The summed E-state index contributed by atoms with van der Waals surface area (Å²) >= 11 is 6.42. The van der Waals surface area contributed by atoms with Crippen LogP contribution in [0.1, 0.15) is 29.7 Å². The second kappa shape index (κ2) is 6.67. The monoisotopic (exact) mass is 318 g/mol. The van der Waals surface area contributed by atoms with E-state index < -0.39 is 0 Å². The minimum absolute atomic E-state index is 0.00378. The van der Waals surface area contributed by atoms with E-state index in [4.69, 9.17) is 11.6 Å². The average Bonchev–Trinajstić information content (AvgIpc) is 2.75. The van der Waals surface area contributed by atoms with E-state index >= 15 is 0 Å². The molecule has 3 rings (SSSR count). The Morgan fingerprint density at radius 2 is 2.00 bits per heavy atom. The Morgan fingerprint density at radius 3 is 2.82 bits per heavy atom. The van der Waals surface area contributed by atoms with Gasteiger partial charge in [-0.1, -0.05) is 29.8 Å². The summed E-state index contributed by atoms with van der Waals surface area (Å²) in [4.78, 5) is 0. The smallest absolute Gasteiger partial charge is 0.123 e. The van der Waals surface area contributed by atoms with Crippen LogP contribution in [0.2, 0.25) is 5.02 Å². The Hall–Kier alpha value is -1.58. The molecule has 0 saturated heterocycles. The molecule has 2 aromatic carbocycles. The van der Waals surface area contributed by atoms with E-state index in [2.05, 4.69) is 16.7 Å². The molecule has 1 aliphatic rings. The molecule has 0 aliphatic carbocycles. The minimum Gasteiger partial charge on any atom is -0.377 e. The van der Waals surface area contributed by atoms with Crippen LogP contribution in [0.3, 0.4) is 0 Å². The molecule has 2 aromatic rings. The van der Waals surface area contributed by atoms with E-state index in [1.54, 1.807) is 12.1 Å². The van der Waals surface area contributed by atoms with E-state index in [1.165, 1.54) is 17.2 Å². The fraction of sp³-hybridized carbons (Fsp3) is 0.333. The van der Waals surface area contributed by atoms with Crippen molar-refractivity contribution in [3.8, 4) is 0 Å². The SMILES string of the molecule is CC(Nc1c(Cl)ccc2c1CCNCC2)c1cccc(F)c1. The van der Waals surface area contributed by atoms with Crippen molar-refractivity contribution < 1.29 is 4.39 Å². The average molecular weight is 319 g/mol. The quantitative estimate of drug-likeness (QED) is 0.879. The maximum atomic E-state index is 13.4. The van der Waals surface area contributed by atoms with Gasteiger partial charge in [0.2, 0.25) is 0 Å². The molecule has 1 unspecified atom stereocenters. The van der Waals surface area contributed by atoms with Crippen LogP contribution >= 0.6 is 11.6 Å². The van der Waals surface area contributed by atoms with Gasteiger partial charge >= 0.3 is 0 Å². The second-order valence-corrected chi connectivity index (χ2v) is 6.14. The molecule has 0 saturated carbocycles. The summed E-state index contributed by atoms with van der Waals surface area (Å²) in [6.45, 7) is 3.98. The van der Waals surface area contributed by atoms with Crippen LogP contribution in [0.4, 0.5) is 10.1 Å². The van der Waals surface area contributed by atoms with Crippen molar-refractivity contribution in [3.05, 3.63) is 63.9 Å². The van der Waals surface area contributed by atoms with Crippen molar-refractivity contribution in [3.63, 3.8) is 0 Å². The van der Waals surface area contributed by atoms with Gasteiger partial charge in [-0.25, -0.2) is 4.39 Å². The number of hydrogen-bond acceptors (Lipinski definition) is 2. The van der Waals surface area contributed by atoms with Crippen molar-refractivity contribution in [2.75, 3.05) is 18.4 Å². The highest BCUT2D eigenvalue weighted by Crippen LogP contribution is 2.33. The van der Waals surface area contributed by atoms with Crippen molar-refractivity contribution in [2.45, 2.75) is 25.8 Å². The summed E-state index contributed by atoms with van der Waals surface area (Å²) in [5.41, 5.74) is 4.52. The van der Waals surface area contributed by atoms with Gasteiger partial charge in [0.1, 0.15) is 5.82 Å². The Kier molecular flexibility index (Phi) is 4.65. The predicted molar refractivity (Wildman–Crippen MR) is 90.2 cm³/mol. The molecular formula is C18H20ClFN2. The van der Waals surface area contributed by atoms with Crippen molar-refractivity contribution in [2.24, 2.45) is 0 Å². The molecule has 0 bridgehead atoms. The highest BCUT2D eigenvalue weighted by Gasteiger charge is 2.17. The minimum atomic E-state index is -0.215. The molecule has 2 N–H and O–H groups in total. The molecule has 116 valence electrons. The summed E-state index contributed by atoms with van der Waals surface area (Å²) in [5, 5.41) is 7.62. The van der Waals surface area contributed by atoms with E-state index in [0.29, 0.717) is 0 Å². The number of nitrogens with one attached hydrogen (secondary N) is 2. The lowest BCUT2D eigenvalue weighted by atomic mass is 9.99. The van der Waals surface area contributed by atoms with Gasteiger partial charge in [-0.3, -0.25) is 0 Å². The molecular weight excluding hydrogens is 299 g/mol. The van der Waals surface area contributed by atoms with Crippen molar-refractivity contribution in [1.29, 1.82) is 0 Å². The van der Waals surface area contributed by atoms with Crippen LogP contribution in [0.5, 0.6) is 0 Å². The first-order chi connectivity index (χ1) is 10.6. The number of hydrogen-bond donors (Lipinski definition) is 2. The largest absolute Gasteiger partial charge is 0.377 e. The molecule has 0 amide bonds. The Bertz CT molecular complexity index is 672. The van der Waals surface area contributed by atoms with Crippen LogP contribution in [0.15, 0.2) is 36.4 Å². The third kappa shape index (κ3) is 3.26. The number of anilines is 1. The topological polar surface area (TPSA) is 24.1 Å². The zero-order valence-corrected chi connectivity index (χ0v) is 13.4. The van der Waals surface area contributed by atoms with Gasteiger partial charge in [-0.2, -0.15) is 0 Å². The number of rotatable bonds is 3. The summed E-state index contributed by atoms with van der Waals surface area (Å²) in [6, 6.07) is 10.8. The zero-order valence-electron chi connectivity index (χ0n) is 12.6. The van der Waals surface area contributed by atoms with Crippen molar-refractivity contribution >= 4 is 17.3 Å². The van der Waals surface area contributed by atoms with Crippen molar-refractivity contribution in [1.82, 2.24) is 5.32 Å². The lowest BCUT2D eigenvalue weighted by Crippen LogP contribution is -2.16. The fourth-order valence-electron chi connectivity index (χ4n) is 2.98.